The third-order valence-corrected chi connectivity index (χ3v) is 3.69. The van der Waals surface area contributed by atoms with E-state index in [1.807, 2.05) is 0 Å². The number of anilines is 1. The predicted molar refractivity (Wildman–Crippen MR) is 90.3 cm³/mol. The summed E-state index contributed by atoms with van der Waals surface area (Å²) in [5.74, 6) is -2.28. The zero-order chi connectivity index (χ0) is 18.7. The van der Waals surface area contributed by atoms with Gasteiger partial charge in [0.05, 0.1) is 35.3 Å². The van der Waals surface area contributed by atoms with Gasteiger partial charge in [-0.2, -0.15) is 5.10 Å². The van der Waals surface area contributed by atoms with Crippen LogP contribution < -0.4 is 5.32 Å². The van der Waals surface area contributed by atoms with Crippen molar-refractivity contribution in [2.45, 2.75) is 0 Å². The highest BCUT2D eigenvalue weighted by Crippen LogP contribution is 2.25. The number of hydrogen-bond donors (Lipinski definition) is 2. The van der Waals surface area contributed by atoms with E-state index in [2.05, 4.69) is 30.4 Å². The summed E-state index contributed by atoms with van der Waals surface area (Å²) in [4.78, 5) is 24.1. The van der Waals surface area contributed by atoms with Crippen molar-refractivity contribution in [3.8, 4) is 11.3 Å². The standard InChI is InChI=1S/C16H11ClFN5O3/c1-26-16(25)9-4-11(18)10(17)5-14(9)21-15(24)13-3-2-12(22-23-13)8-6-19-20-7-8/h2-7H,1H3,(H,19,20)(H,21,24). The van der Waals surface area contributed by atoms with Gasteiger partial charge in [-0.25, -0.2) is 9.18 Å². The number of ether oxygens (including phenoxy) is 1. The second kappa shape index (κ2) is 7.28. The summed E-state index contributed by atoms with van der Waals surface area (Å²) in [6.45, 7) is 0. The second-order valence-electron chi connectivity index (χ2n) is 5.05. The van der Waals surface area contributed by atoms with Gasteiger partial charge in [0, 0.05) is 11.8 Å². The fourth-order valence-electron chi connectivity index (χ4n) is 2.11. The molecule has 0 aliphatic rings. The number of carbonyl (C=O) groups excluding carboxylic acids is 2. The molecule has 0 fully saturated rings. The molecule has 0 aliphatic heterocycles. The lowest BCUT2D eigenvalue weighted by molar-refractivity contribution is 0.0601. The molecule has 8 nitrogen and oxygen atoms in total. The molecule has 0 saturated heterocycles. The first kappa shape index (κ1) is 17.5. The van der Waals surface area contributed by atoms with E-state index in [4.69, 9.17) is 11.6 Å². The van der Waals surface area contributed by atoms with Gasteiger partial charge in [-0.3, -0.25) is 9.89 Å². The Morgan fingerprint density at radius 3 is 2.69 bits per heavy atom. The van der Waals surface area contributed by atoms with Crippen molar-refractivity contribution in [3.63, 3.8) is 0 Å². The molecule has 3 rings (SSSR count). The average Bonchev–Trinajstić information content (AvgIpc) is 3.18. The van der Waals surface area contributed by atoms with Gasteiger partial charge in [0.25, 0.3) is 5.91 Å². The Labute approximate surface area is 151 Å². The maximum absolute atomic E-state index is 13.6. The van der Waals surface area contributed by atoms with Crippen LogP contribution in [0.2, 0.25) is 5.02 Å². The first-order valence-electron chi connectivity index (χ1n) is 7.21. The molecule has 10 heteroatoms. The third kappa shape index (κ3) is 3.52. The minimum atomic E-state index is -0.822. The maximum atomic E-state index is 13.6. The Kier molecular flexibility index (Phi) is 4.90. The van der Waals surface area contributed by atoms with Crippen LogP contribution in [0.3, 0.4) is 0 Å². The number of methoxy groups -OCH3 is 1. The van der Waals surface area contributed by atoms with Crippen molar-refractivity contribution in [1.82, 2.24) is 20.4 Å². The van der Waals surface area contributed by atoms with Gasteiger partial charge in [-0.1, -0.05) is 11.6 Å². The van der Waals surface area contributed by atoms with E-state index in [-0.39, 0.29) is 22.0 Å². The number of H-pyrrole nitrogens is 1. The molecule has 2 heterocycles. The summed E-state index contributed by atoms with van der Waals surface area (Å²) < 4.78 is 18.2. The molecule has 3 aromatic rings. The number of halogens is 2. The number of esters is 1. The summed E-state index contributed by atoms with van der Waals surface area (Å²) in [5.41, 5.74) is 1.05. The smallest absolute Gasteiger partial charge is 0.340 e. The molecule has 132 valence electrons. The number of nitrogens with zero attached hydrogens (tertiary/aromatic N) is 3. The fraction of sp³-hybridized carbons (Fsp3) is 0.0625. The molecule has 0 atom stereocenters. The highest BCUT2D eigenvalue weighted by atomic mass is 35.5. The van der Waals surface area contributed by atoms with Crippen LogP contribution in [-0.2, 0) is 4.74 Å². The second-order valence-corrected chi connectivity index (χ2v) is 5.46. The number of rotatable bonds is 4. The van der Waals surface area contributed by atoms with Crippen LogP contribution >= 0.6 is 11.6 Å². The Bertz CT molecular complexity index is 961. The number of nitrogens with one attached hydrogen (secondary N) is 2. The summed E-state index contributed by atoms with van der Waals surface area (Å²) in [6.07, 6.45) is 3.19. The molecule has 0 saturated carbocycles. The van der Waals surface area contributed by atoms with Crippen LogP contribution in [0, 0.1) is 5.82 Å². The van der Waals surface area contributed by atoms with Gasteiger partial charge in [-0.05, 0) is 24.3 Å². The summed E-state index contributed by atoms with van der Waals surface area (Å²) in [6, 6.07) is 5.05. The minimum Gasteiger partial charge on any atom is -0.465 e. The van der Waals surface area contributed by atoms with Gasteiger partial charge < -0.3 is 10.1 Å². The Balaban J connectivity index is 1.86. The van der Waals surface area contributed by atoms with Crippen LogP contribution in [0.4, 0.5) is 10.1 Å². The van der Waals surface area contributed by atoms with Gasteiger partial charge in [0.2, 0.25) is 0 Å². The lowest BCUT2D eigenvalue weighted by atomic mass is 10.1. The van der Waals surface area contributed by atoms with Gasteiger partial charge in [0.15, 0.2) is 5.69 Å². The summed E-state index contributed by atoms with van der Waals surface area (Å²) >= 11 is 5.73. The van der Waals surface area contributed by atoms with Crippen LogP contribution in [0.15, 0.2) is 36.7 Å². The Hall–Kier alpha value is -3.33. The first-order valence-corrected chi connectivity index (χ1v) is 7.59. The molecule has 2 aromatic heterocycles. The number of carbonyl (C=O) groups is 2. The van der Waals surface area contributed by atoms with Gasteiger partial charge in [0.1, 0.15) is 5.82 Å². The SMILES string of the molecule is COC(=O)c1cc(F)c(Cl)cc1NC(=O)c1ccc(-c2cn[nH]c2)nn1. The van der Waals surface area contributed by atoms with E-state index in [0.29, 0.717) is 11.3 Å². The van der Waals surface area contributed by atoms with E-state index in [1.54, 1.807) is 18.5 Å². The number of benzene rings is 1. The number of aromatic amines is 1. The van der Waals surface area contributed by atoms with E-state index in [9.17, 15) is 14.0 Å². The van der Waals surface area contributed by atoms with Crippen molar-refractivity contribution < 1.29 is 18.7 Å². The van der Waals surface area contributed by atoms with E-state index >= 15 is 0 Å². The molecule has 26 heavy (non-hydrogen) atoms. The normalized spacial score (nSPS) is 10.4. The minimum absolute atomic E-state index is 0.00559. The lowest BCUT2D eigenvalue weighted by Crippen LogP contribution is -2.17. The number of hydrogen-bond acceptors (Lipinski definition) is 6. The highest BCUT2D eigenvalue weighted by Gasteiger charge is 2.19. The number of aromatic nitrogens is 4. The zero-order valence-electron chi connectivity index (χ0n) is 13.3. The van der Waals surface area contributed by atoms with Crippen LogP contribution in [-0.4, -0.2) is 39.4 Å². The van der Waals surface area contributed by atoms with Crippen molar-refractivity contribution in [1.29, 1.82) is 0 Å². The van der Waals surface area contributed by atoms with Gasteiger partial charge in [-0.15, -0.1) is 10.2 Å². The molecule has 1 aromatic carbocycles. The van der Waals surface area contributed by atoms with E-state index < -0.39 is 17.7 Å². The lowest BCUT2D eigenvalue weighted by Gasteiger charge is -2.10. The summed E-state index contributed by atoms with van der Waals surface area (Å²) in [5, 5.41) is 16.4. The predicted octanol–water partition coefficient (Wildman–Crippen LogP) is 2.70. The Morgan fingerprint density at radius 2 is 2.08 bits per heavy atom. The molecular formula is C16H11ClFN5O3. The molecule has 2 N–H and O–H groups in total. The van der Waals surface area contributed by atoms with Crippen molar-refractivity contribution in [2.24, 2.45) is 0 Å². The molecule has 0 aliphatic carbocycles. The molecular weight excluding hydrogens is 365 g/mol. The van der Waals surface area contributed by atoms with E-state index in [0.717, 1.165) is 19.2 Å². The third-order valence-electron chi connectivity index (χ3n) is 3.41. The van der Waals surface area contributed by atoms with Crippen molar-refractivity contribution in [2.75, 3.05) is 12.4 Å². The molecule has 0 spiro atoms. The number of amides is 1. The monoisotopic (exact) mass is 375 g/mol. The maximum Gasteiger partial charge on any atom is 0.340 e. The molecule has 0 radical (unpaired) electrons. The van der Waals surface area contributed by atoms with Crippen molar-refractivity contribution in [3.05, 3.63) is 58.8 Å². The van der Waals surface area contributed by atoms with Crippen LogP contribution in [0.1, 0.15) is 20.8 Å². The fourth-order valence-corrected chi connectivity index (χ4v) is 2.28. The quantitative estimate of drug-likeness (QED) is 0.678. The van der Waals surface area contributed by atoms with Crippen LogP contribution in [0.5, 0.6) is 0 Å². The van der Waals surface area contributed by atoms with E-state index in [1.165, 1.54) is 6.07 Å². The average molecular weight is 376 g/mol. The topological polar surface area (TPSA) is 110 Å². The highest BCUT2D eigenvalue weighted by molar-refractivity contribution is 6.31. The van der Waals surface area contributed by atoms with Crippen LogP contribution in [0.25, 0.3) is 11.3 Å². The van der Waals surface area contributed by atoms with Gasteiger partial charge >= 0.3 is 5.97 Å². The molecule has 0 unspecified atom stereocenters. The molecule has 1 amide bonds. The largest absolute Gasteiger partial charge is 0.465 e. The first-order chi connectivity index (χ1) is 12.5. The summed E-state index contributed by atoms with van der Waals surface area (Å²) in [7, 11) is 1.14. The Morgan fingerprint density at radius 1 is 1.27 bits per heavy atom. The van der Waals surface area contributed by atoms with Crippen molar-refractivity contribution >= 4 is 29.2 Å². The zero-order valence-corrected chi connectivity index (χ0v) is 14.0. The molecule has 0 bridgehead atoms.